The number of nitrogens with zero attached hydrogens (tertiary/aromatic N) is 1. The molecular formula is C18H18N2O5. The molecule has 2 aromatic rings. The standard InChI is InChI=1S/C18H18N2O5/c1-13(21)2-3-14-4-10-17(11-5-14)25-12-18(22)19-15-6-8-16(9-7-15)20(23)24/h4-11H,2-3,12H2,1H3,(H,19,22). The zero-order valence-corrected chi connectivity index (χ0v) is 13.7. The van der Waals surface area contributed by atoms with E-state index in [1.165, 1.54) is 24.3 Å². The third kappa shape index (κ3) is 6.06. The summed E-state index contributed by atoms with van der Waals surface area (Å²) in [5.41, 5.74) is 1.44. The second-order valence-corrected chi connectivity index (χ2v) is 5.49. The third-order valence-corrected chi connectivity index (χ3v) is 3.42. The number of hydrogen-bond acceptors (Lipinski definition) is 5. The topological polar surface area (TPSA) is 98.5 Å². The summed E-state index contributed by atoms with van der Waals surface area (Å²) >= 11 is 0. The van der Waals surface area contributed by atoms with E-state index in [1.54, 1.807) is 19.1 Å². The molecule has 0 aliphatic rings. The van der Waals surface area contributed by atoms with Crippen LogP contribution >= 0.6 is 0 Å². The highest BCUT2D eigenvalue weighted by atomic mass is 16.6. The van der Waals surface area contributed by atoms with Crippen LogP contribution in [0.5, 0.6) is 5.75 Å². The van der Waals surface area contributed by atoms with Crippen LogP contribution in [0.2, 0.25) is 0 Å². The molecule has 130 valence electrons. The fourth-order valence-corrected chi connectivity index (χ4v) is 2.09. The lowest BCUT2D eigenvalue weighted by molar-refractivity contribution is -0.384. The number of aryl methyl sites for hydroxylation is 1. The number of nitrogens with one attached hydrogen (secondary N) is 1. The average molecular weight is 342 g/mol. The van der Waals surface area contributed by atoms with E-state index in [4.69, 9.17) is 4.74 Å². The number of benzene rings is 2. The maximum atomic E-state index is 11.8. The van der Waals surface area contributed by atoms with E-state index in [0.29, 0.717) is 24.3 Å². The Labute approximate surface area is 144 Å². The fourth-order valence-electron chi connectivity index (χ4n) is 2.09. The van der Waals surface area contributed by atoms with Crippen molar-refractivity contribution in [2.24, 2.45) is 0 Å². The minimum Gasteiger partial charge on any atom is -0.484 e. The van der Waals surface area contributed by atoms with Gasteiger partial charge in [0.1, 0.15) is 11.5 Å². The molecule has 1 amide bonds. The first-order chi connectivity index (χ1) is 11.9. The molecule has 2 rings (SSSR count). The van der Waals surface area contributed by atoms with Crippen molar-refractivity contribution in [2.45, 2.75) is 19.8 Å². The van der Waals surface area contributed by atoms with Crippen molar-refractivity contribution in [3.8, 4) is 5.75 Å². The Morgan fingerprint density at radius 3 is 2.28 bits per heavy atom. The van der Waals surface area contributed by atoms with E-state index in [-0.39, 0.29) is 24.0 Å². The molecule has 0 aromatic heterocycles. The van der Waals surface area contributed by atoms with Crippen molar-refractivity contribution in [3.63, 3.8) is 0 Å². The number of carbonyl (C=O) groups excluding carboxylic acids is 2. The second kappa shape index (κ2) is 8.58. The van der Waals surface area contributed by atoms with Crippen molar-refractivity contribution in [2.75, 3.05) is 11.9 Å². The molecule has 0 radical (unpaired) electrons. The maximum absolute atomic E-state index is 11.8. The summed E-state index contributed by atoms with van der Waals surface area (Å²) in [6.07, 6.45) is 1.17. The minimum absolute atomic E-state index is 0.0425. The van der Waals surface area contributed by atoms with Crippen molar-refractivity contribution < 1.29 is 19.2 Å². The lowest BCUT2D eigenvalue weighted by Gasteiger charge is -2.08. The summed E-state index contributed by atoms with van der Waals surface area (Å²) in [6.45, 7) is 1.38. The zero-order chi connectivity index (χ0) is 18.2. The Morgan fingerprint density at radius 2 is 1.72 bits per heavy atom. The molecule has 0 unspecified atom stereocenters. The summed E-state index contributed by atoms with van der Waals surface area (Å²) in [6, 6.07) is 12.7. The van der Waals surface area contributed by atoms with Crippen LogP contribution in [0.1, 0.15) is 18.9 Å². The van der Waals surface area contributed by atoms with E-state index in [0.717, 1.165) is 5.56 Å². The van der Waals surface area contributed by atoms with E-state index in [1.807, 2.05) is 12.1 Å². The number of anilines is 1. The molecule has 2 aromatic carbocycles. The number of non-ortho nitro benzene ring substituents is 1. The fraction of sp³-hybridized carbons (Fsp3) is 0.222. The summed E-state index contributed by atoms with van der Waals surface area (Å²) in [4.78, 5) is 32.9. The van der Waals surface area contributed by atoms with Gasteiger partial charge in [-0.15, -0.1) is 0 Å². The maximum Gasteiger partial charge on any atom is 0.269 e. The number of rotatable bonds is 8. The first kappa shape index (κ1) is 18.1. The van der Waals surface area contributed by atoms with Crippen molar-refractivity contribution in [1.82, 2.24) is 0 Å². The highest BCUT2D eigenvalue weighted by Crippen LogP contribution is 2.16. The second-order valence-electron chi connectivity index (χ2n) is 5.49. The molecular weight excluding hydrogens is 324 g/mol. The average Bonchev–Trinajstić information content (AvgIpc) is 2.59. The molecule has 0 fully saturated rings. The van der Waals surface area contributed by atoms with Gasteiger partial charge in [0.05, 0.1) is 4.92 Å². The molecule has 1 N–H and O–H groups in total. The predicted molar refractivity (Wildman–Crippen MR) is 92.7 cm³/mol. The van der Waals surface area contributed by atoms with Crippen molar-refractivity contribution in [3.05, 3.63) is 64.2 Å². The molecule has 0 bridgehead atoms. The van der Waals surface area contributed by atoms with Gasteiger partial charge in [0.2, 0.25) is 0 Å². The highest BCUT2D eigenvalue weighted by molar-refractivity contribution is 5.91. The Hall–Kier alpha value is -3.22. The largest absolute Gasteiger partial charge is 0.484 e. The normalized spacial score (nSPS) is 10.1. The van der Waals surface area contributed by atoms with Crippen LogP contribution in [0.25, 0.3) is 0 Å². The van der Waals surface area contributed by atoms with Gasteiger partial charge in [0.15, 0.2) is 6.61 Å². The molecule has 0 atom stereocenters. The van der Waals surface area contributed by atoms with Gasteiger partial charge in [-0.25, -0.2) is 0 Å². The number of hydrogen-bond donors (Lipinski definition) is 1. The number of Topliss-reactive ketones (excluding diaryl/α,β-unsaturated/α-hetero) is 1. The van der Waals surface area contributed by atoms with Gasteiger partial charge in [-0.2, -0.15) is 0 Å². The van der Waals surface area contributed by atoms with Crippen LogP contribution in [-0.4, -0.2) is 23.2 Å². The smallest absolute Gasteiger partial charge is 0.269 e. The Balaban J connectivity index is 1.81. The quantitative estimate of drug-likeness (QED) is 0.587. The molecule has 0 aliphatic carbocycles. The Morgan fingerprint density at radius 1 is 1.08 bits per heavy atom. The van der Waals surface area contributed by atoms with Crippen molar-refractivity contribution in [1.29, 1.82) is 0 Å². The summed E-state index contributed by atoms with van der Waals surface area (Å²) in [5.74, 6) is 0.322. The molecule has 0 aliphatic heterocycles. The molecule has 7 heteroatoms. The Bertz CT molecular complexity index is 754. The summed E-state index contributed by atoms with van der Waals surface area (Å²) in [5, 5.41) is 13.2. The van der Waals surface area contributed by atoms with Gasteiger partial charge in [-0.05, 0) is 43.2 Å². The number of nitro benzene ring substituents is 1. The predicted octanol–water partition coefficient (Wildman–Crippen LogP) is 3.13. The van der Waals surface area contributed by atoms with E-state index in [9.17, 15) is 19.7 Å². The van der Waals surface area contributed by atoms with Gasteiger partial charge in [0.25, 0.3) is 11.6 Å². The van der Waals surface area contributed by atoms with E-state index >= 15 is 0 Å². The minimum atomic E-state index is -0.505. The number of amides is 1. The highest BCUT2D eigenvalue weighted by Gasteiger charge is 2.07. The first-order valence-corrected chi connectivity index (χ1v) is 7.69. The van der Waals surface area contributed by atoms with Gasteiger partial charge < -0.3 is 14.8 Å². The summed E-state index contributed by atoms with van der Waals surface area (Å²) in [7, 11) is 0. The van der Waals surface area contributed by atoms with Crippen molar-refractivity contribution >= 4 is 23.1 Å². The van der Waals surface area contributed by atoms with Gasteiger partial charge in [-0.1, -0.05) is 12.1 Å². The number of carbonyl (C=O) groups is 2. The van der Waals surface area contributed by atoms with Crippen LogP contribution < -0.4 is 10.1 Å². The Kier molecular flexibility index (Phi) is 6.22. The first-order valence-electron chi connectivity index (χ1n) is 7.69. The van der Waals surface area contributed by atoms with Gasteiger partial charge in [-0.3, -0.25) is 14.9 Å². The monoisotopic (exact) mass is 342 g/mol. The zero-order valence-electron chi connectivity index (χ0n) is 13.7. The van der Waals surface area contributed by atoms with Gasteiger partial charge >= 0.3 is 0 Å². The molecule has 0 spiro atoms. The summed E-state index contributed by atoms with van der Waals surface area (Å²) < 4.78 is 5.40. The molecule has 0 saturated heterocycles. The van der Waals surface area contributed by atoms with E-state index < -0.39 is 4.92 Å². The van der Waals surface area contributed by atoms with Crippen LogP contribution in [0.15, 0.2) is 48.5 Å². The van der Waals surface area contributed by atoms with Gasteiger partial charge in [0, 0.05) is 24.2 Å². The molecule has 0 saturated carbocycles. The SMILES string of the molecule is CC(=O)CCc1ccc(OCC(=O)Nc2ccc([N+](=O)[O-])cc2)cc1. The van der Waals surface area contributed by atoms with Crippen LogP contribution in [0.4, 0.5) is 11.4 Å². The van der Waals surface area contributed by atoms with E-state index in [2.05, 4.69) is 5.32 Å². The number of ketones is 1. The number of nitro groups is 1. The number of ether oxygens (including phenoxy) is 1. The van der Waals surface area contributed by atoms with Crippen LogP contribution in [0, 0.1) is 10.1 Å². The van der Waals surface area contributed by atoms with Crippen LogP contribution in [-0.2, 0) is 16.0 Å². The van der Waals surface area contributed by atoms with Crippen LogP contribution in [0.3, 0.4) is 0 Å². The third-order valence-electron chi connectivity index (χ3n) is 3.42. The lowest BCUT2D eigenvalue weighted by atomic mass is 10.1. The molecule has 0 heterocycles. The molecule has 25 heavy (non-hydrogen) atoms. The molecule has 7 nitrogen and oxygen atoms in total. The lowest BCUT2D eigenvalue weighted by Crippen LogP contribution is -2.20.